The normalized spacial score (nSPS) is 13.9. The Kier molecular flexibility index (Phi) is 5.63. The lowest BCUT2D eigenvalue weighted by molar-refractivity contribution is 0.130. The number of hydrogen-bond acceptors (Lipinski definition) is 4. The molecule has 0 aromatic rings. The van der Waals surface area contributed by atoms with Gasteiger partial charge >= 0.3 is 10.4 Å². The average Bonchev–Trinajstić information content (AvgIpc) is 2.01. The molecule has 6 heteroatoms. The Balaban J connectivity index is 4.34. The Labute approximate surface area is 84.2 Å². The second-order valence-corrected chi connectivity index (χ2v) is 3.85. The molecule has 0 heterocycles. The molecular formula is C8H15NO4S. The van der Waals surface area contributed by atoms with E-state index in [0.29, 0.717) is 12.8 Å². The minimum Gasteiger partial charge on any atom is -0.305 e. The van der Waals surface area contributed by atoms with Gasteiger partial charge in [0.05, 0.1) is 0 Å². The molecule has 0 saturated carbocycles. The molecule has 0 radical (unpaired) electrons. The van der Waals surface area contributed by atoms with Crippen LogP contribution >= 0.6 is 0 Å². The molecule has 0 amide bonds. The van der Waals surface area contributed by atoms with Gasteiger partial charge in [0.15, 0.2) is 0 Å². The van der Waals surface area contributed by atoms with Crippen molar-refractivity contribution in [3.63, 3.8) is 0 Å². The van der Waals surface area contributed by atoms with Gasteiger partial charge in [0.25, 0.3) is 0 Å². The molecule has 0 aliphatic carbocycles. The molecule has 0 aromatic carbocycles. The molecule has 0 aliphatic rings. The molecule has 0 aliphatic heterocycles. The molecule has 0 fully saturated rings. The largest absolute Gasteiger partial charge is 0.398 e. The lowest BCUT2D eigenvalue weighted by Gasteiger charge is -2.19. The van der Waals surface area contributed by atoms with Crippen molar-refractivity contribution in [3.8, 4) is 0 Å². The van der Waals surface area contributed by atoms with E-state index in [1.165, 1.54) is 0 Å². The Bertz CT molecular complexity index is 276. The summed E-state index contributed by atoms with van der Waals surface area (Å²) < 4.78 is 33.3. The maximum atomic E-state index is 10.4. The Morgan fingerprint density at radius 1 is 1.36 bits per heavy atom. The summed E-state index contributed by atoms with van der Waals surface area (Å²) in [6, 6.07) is 0. The molecule has 1 unspecified atom stereocenters. The third-order valence-corrected chi connectivity index (χ3v) is 2.10. The summed E-state index contributed by atoms with van der Waals surface area (Å²) in [5.74, 6) is -0.257. The van der Waals surface area contributed by atoms with Gasteiger partial charge < -0.3 is 5.73 Å². The van der Waals surface area contributed by atoms with Crippen molar-refractivity contribution in [2.75, 3.05) is 0 Å². The van der Waals surface area contributed by atoms with Crippen molar-refractivity contribution in [1.82, 2.24) is 0 Å². The molecule has 82 valence electrons. The second-order valence-electron chi connectivity index (χ2n) is 2.80. The van der Waals surface area contributed by atoms with Gasteiger partial charge in [-0.3, -0.25) is 4.55 Å². The zero-order chi connectivity index (χ0) is 11.2. The Morgan fingerprint density at radius 2 is 1.79 bits per heavy atom. The van der Waals surface area contributed by atoms with Gasteiger partial charge in [-0.2, -0.15) is 8.42 Å². The van der Waals surface area contributed by atoms with Crippen LogP contribution in [0.4, 0.5) is 0 Å². The summed E-state index contributed by atoms with van der Waals surface area (Å²) >= 11 is 0. The lowest BCUT2D eigenvalue weighted by atomic mass is 10.0. The van der Waals surface area contributed by atoms with Crippen LogP contribution in [0, 0.1) is 5.92 Å². The highest BCUT2D eigenvalue weighted by molar-refractivity contribution is 7.80. The first-order chi connectivity index (χ1) is 6.40. The summed E-state index contributed by atoms with van der Waals surface area (Å²) in [6.45, 7) is 7.01. The van der Waals surface area contributed by atoms with Gasteiger partial charge in [-0.05, 0) is 12.8 Å². The van der Waals surface area contributed by atoms with Crippen LogP contribution in [0.15, 0.2) is 25.3 Å². The van der Waals surface area contributed by atoms with Crippen molar-refractivity contribution >= 4 is 10.4 Å². The first kappa shape index (κ1) is 13.3. The Hall–Kier alpha value is -0.690. The van der Waals surface area contributed by atoms with Crippen LogP contribution < -0.4 is 5.73 Å². The van der Waals surface area contributed by atoms with Crippen molar-refractivity contribution < 1.29 is 17.2 Å². The van der Waals surface area contributed by atoms with Crippen LogP contribution in [0.25, 0.3) is 0 Å². The van der Waals surface area contributed by atoms with E-state index in [2.05, 4.69) is 17.3 Å². The van der Waals surface area contributed by atoms with Crippen molar-refractivity contribution in [1.29, 1.82) is 0 Å². The molecule has 0 saturated heterocycles. The van der Waals surface area contributed by atoms with E-state index >= 15 is 0 Å². The molecule has 14 heavy (non-hydrogen) atoms. The highest BCUT2D eigenvalue weighted by atomic mass is 32.3. The standard InChI is InChI=1S/C8H15NO4S/c1-3-5-7(6-4-2)8(9)13-14(10,11)12/h3-4,7-8H,1-2,5-6,9H2,(H,10,11,12). The lowest BCUT2D eigenvalue weighted by Crippen LogP contribution is -2.34. The third kappa shape index (κ3) is 5.87. The summed E-state index contributed by atoms with van der Waals surface area (Å²) in [5.41, 5.74) is 5.42. The van der Waals surface area contributed by atoms with E-state index in [0.717, 1.165) is 0 Å². The van der Waals surface area contributed by atoms with Gasteiger partial charge in [-0.1, -0.05) is 12.2 Å². The predicted molar refractivity (Wildman–Crippen MR) is 53.7 cm³/mol. The van der Waals surface area contributed by atoms with Crippen molar-refractivity contribution in [3.05, 3.63) is 25.3 Å². The molecular weight excluding hydrogens is 206 g/mol. The summed E-state index contributed by atoms with van der Waals surface area (Å²) in [5, 5.41) is 0. The van der Waals surface area contributed by atoms with Crippen LogP contribution in [0.3, 0.4) is 0 Å². The van der Waals surface area contributed by atoms with E-state index in [1.807, 2.05) is 0 Å². The zero-order valence-electron chi connectivity index (χ0n) is 7.80. The minimum absolute atomic E-state index is 0.257. The number of hydrogen-bond donors (Lipinski definition) is 2. The zero-order valence-corrected chi connectivity index (χ0v) is 8.61. The van der Waals surface area contributed by atoms with Crippen molar-refractivity contribution in [2.45, 2.75) is 19.1 Å². The van der Waals surface area contributed by atoms with Gasteiger partial charge in [-0.15, -0.1) is 13.2 Å². The van der Waals surface area contributed by atoms with E-state index in [1.54, 1.807) is 12.2 Å². The van der Waals surface area contributed by atoms with Gasteiger partial charge in [0, 0.05) is 5.92 Å². The number of allylic oxidation sites excluding steroid dienone is 2. The first-order valence-electron chi connectivity index (χ1n) is 4.03. The topological polar surface area (TPSA) is 89.6 Å². The van der Waals surface area contributed by atoms with Crippen LogP contribution in [0.2, 0.25) is 0 Å². The Morgan fingerprint density at radius 3 is 2.07 bits per heavy atom. The summed E-state index contributed by atoms with van der Waals surface area (Å²) in [6.07, 6.45) is 3.09. The number of nitrogens with two attached hydrogens (primary N) is 1. The average molecular weight is 221 g/mol. The molecule has 0 rings (SSSR count). The van der Waals surface area contributed by atoms with Gasteiger partial charge in [0.1, 0.15) is 6.23 Å². The van der Waals surface area contributed by atoms with Crippen LogP contribution in [-0.2, 0) is 14.6 Å². The molecule has 0 bridgehead atoms. The van der Waals surface area contributed by atoms with E-state index in [4.69, 9.17) is 10.3 Å². The fraction of sp³-hybridized carbons (Fsp3) is 0.500. The van der Waals surface area contributed by atoms with Gasteiger partial charge in [0.2, 0.25) is 0 Å². The fourth-order valence-electron chi connectivity index (χ4n) is 1.01. The molecule has 1 atom stereocenters. The van der Waals surface area contributed by atoms with E-state index in [9.17, 15) is 8.42 Å². The SMILES string of the molecule is C=CCC(CC=C)C(N)OS(=O)(=O)O. The van der Waals surface area contributed by atoms with Gasteiger partial charge in [-0.25, -0.2) is 4.18 Å². The molecule has 0 spiro atoms. The molecule has 3 N–H and O–H groups in total. The van der Waals surface area contributed by atoms with Crippen molar-refractivity contribution in [2.24, 2.45) is 11.7 Å². The predicted octanol–water partition coefficient (Wildman–Crippen LogP) is 0.859. The second kappa shape index (κ2) is 5.92. The highest BCUT2D eigenvalue weighted by Gasteiger charge is 2.21. The molecule has 0 aromatic heterocycles. The minimum atomic E-state index is -4.50. The monoisotopic (exact) mass is 221 g/mol. The van der Waals surface area contributed by atoms with Crippen LogP contribution in [0.1, 0.15) is 12.8 Å². The summed E-state index contributed by atoms with van der Waals surface area (Å²) in [7, 11) is -4.50. The van der Waals surface area contributed by atoms with E-state index < -0.39 is 16.6 Å². The first-order valence-corrected chi connectivity index (χ1v) is 5.40. The third-order valence-electron chi connectivity index (χ3n) is 1.64. The summed E-state index contributed by atoms with van der Waals surface area (Å²) in [4.78, 5) is 0. The molecule has 5 nitrogen and oxygen atoms in total. The van der Waals surface area contributed by atoms with E-state index in [-0.39, 0.29) is 5.92 Å². The van der Waals surface area contributed by atoms with Crippen LogP contribution in [0.5, 0.6) is 0 Å². The quantitative estimate of drug-likeness (QED) is 0.378. The smallest absolute Gasteiger partial charge is 0.305 e. The fourth-order valence-corrected chi connectivity index (χ4v) is 1.45. The maximum absolute atomic E-state index is 10.4. The highest BCUT2D eigenvalue weighted by Crippen LogP contribution is 2.15. The maximum Gasteiger partial charge on any atom is 0.398 e. The number of rotatable bonds is 7. The van der Waals surface area contributed by atoms with Crippen LogP contribution in [-0.4, -0.2) is 19.2 Å².